The van der Waals surface area contributed by atoms with Gasteiger partial charge in [0, 0.05) is 19.7 Å². The highest BCUT2D eigenvalue weighted by Gasteiger charge is 2.50. The van der Waals surface area contributed by atoms with Gasteiger partial charge in [0.1, 0.15) is 0 Å². The van der Waals surface area contributed by atoms with E-state index in [-0.39, 0.29) is 0 Å². The van der Waals surface area contributed by atoms with Gasteiger partial charge in [-0.05, 0) is 31.7 Å². The monoisotopic (exact) mass is 155 g/mol. The van der Waals surface area contributed by atoms with Crippen molar-refractivity contribution in [2.24, 2.45) is 5.41 Å². The molecule has 1 aliphatic heterocycles. The van der Waals surface area contributed by atoms with Crippen LogP contribution in [0.3, 0.4) is 0 Å². The minimum Gasteiger partial charge on any atom is -0.383 e. The Morgan fingerprint density at radius 2 is 2.27 bits per heavy atom. The summed E-state index contributed by atoms with van der Waals surface area (Å²) in [6.45, 7) is 2.22. The lowest BCUT2D eigenvalue weighted by Crippen LogP contribution is -2.28. The van der Waals surface area contributed by atoms with Crippen molar-refractivity contribution in [1.82, 2.24) is 4.90 Å². The maximum atomic E-state index is 5.18. The predicted octanol–water partition coefficient (Wildman–Crippen LogP) is 1.12. The Kier molecular flexibility index (Phi) is 1.69. The van der Waals surface area contributed by atoms with Crippen LogP contribution in [0.4, 0.5) is 0 Å². The SMILES string of the molecule is COC[C@@H]1CC2(CC2)CN1C. The molecule has 0 aromatic heterocycles. The Balaban J connectivity index is 1.92. The normalized spacial score (nSPS) is 34.9. The summed E-state index contributed by atoms with van der Waals surface area (Å²) >= 11 is 0. The first-order valence-corrected chi connectivity index (χ1v) is 4.45. The second-order valence-corrected chi connectivity index (χ2v) is 4.23. The summed E-state index contributed by atoms with van der Waals surface area (Å²) in [7, 11) is 4.02. The number of likely N-dealkylation sites (N-methyl/N-ethyl adjacent to an activating group) is 1. The number of methoxy groups -OCH3 is 1. The molecule has 0 N–H and O–H groups in total. The molecule has 0 aromatic rings. The molecule has 1 aliphatic carbocycles. The molecule has 1 saturated carbocycles. The van der Waals surface area contributed by atoms with Gasteiger partial charge in [0.25, 0.3) is 0 Å². The summed E-state index contributed by atoms with van der Waals surface area (Å²) in [5.41, 5.74) is 0.734. The Labute approximate surface area is 68.5 Å². The largest absolute Gasteiger partial charge is 0.383 e. The lowest BCUT2D eigenvalue weighted by molar-refractivity contribution is 0.129. The summed E-state index contributed by atoms with van der Waals surface area (Å²) < 4.78 is 5.18. The standard InChI is InChI=1S/C9H17NO/c1-10-7-9(3-4-9)5-8(10)6-11-2/h8H,3-7H2,1-2H3/t8-/m0/s1. The van der Waals surface area contributed by atoms with Gasteiger partial charge in [-0.1, -0.05) is 0 Å². The average molecular weight is 155 g/mol. The van der Waals surface area contributed by atoms with Crippen molar-refractivity contribution in [3.63, 3.8) is 0 Å². The lowest BCUT2D eigenvalue weighted by atomic mass is 10.0. The summed E-state index contributed by atoms with van der Waals surface area (Å²) in [6, 6.07) is 0.697. The van der Waals surface area contributed by atoms with Gasteiger partial charge >= 0.3 is 0 Å². The van der Waals surface area contributed by atoms with Crippen molar-refractivity contribution in [3.05, 3.63) is 0 Å². The molecule has 2 heteroatoms. The van der Waals surface area contributed by atoms with E-state index >= 15 is 0 Å². The molecule has 2 aliphatic rings. The molecule has 0 bridgehead atoms. The Morgan fingerprint density at radius 3 is 2.73 bits per heavy atom. The summed E-state index contributed by atoms with van der Waals surface area (Å²) in [6.07, 6.45) is 4.28. The third-order valence-corrected chi connectivity index (χ3v) is 3.19. The number of nitrogens with zero attached hydrogens (tertiary/aromatic N) is 1. The third-order valence-electron chi connectivity index (χ3n) is 3.19. The molecule has 0 radical (unpaired) electrons. The Bertz CT molecular complexity index is 154. The van der Waals surface area contributed by atoms with E-state index in [1.54, 1.807) is 7.11 Å². The molecule has 0 aromatic carbocycles. The molecular weight excluding hydrogens is 138 g/mol. The maximum Gasteiger partial charge on any atom is 0.0618 e. The smallest absolute Gasteiger partial charge is 0.0618 e. The molecule has 11 heavy (non-hydrogen) atoms. The minimum absolute atomic E-state index is 0.697. The summed E-state index contributed by atoms with van der Waals surface area (Å²) in [5, 5.41) is 0. The molecule has 2 fully saturated rings. The van der Waals surface area contributed by atoms with Crippen LogP contribution in [-0.4, -0.2) is 38.3 Å². The van der Waals surface area contributed by atoms with Crippen LogP contribution >= 0.6 is 0 Å². The van der Waals surface area contributed by atoms with Gasteiger partial charge in [-0.2, -0.15) is 0 Å². The van der Waals surface area contributed by atoms with E-state index in [9.17, 15) is 0 Å². The molecule has 2 nitrogen and oxygen atoms in total. The van der Waals surface area contributed by atoms with Gasteiger partial charge in [-0.3, -0.25) is 0 Å². The van der Waals surface area contributed by atoms with Crippen LogP contribution in [0.2, 0.25) is 0 Å². The zero-order chi connectivity index (χ0) is 7.90. The number of rotatable bonds is 2. The van der Waals surface area contributed by atoms with Crippen molar-refractivity contribution in [1.29, 1.82) is 0 Å². The number of hydrogen-bond acceptors (Lipinski definition) is 2. The van der Waals surface area contributed by atoms with Crippen LogP contribution in [0, 0.1) is 5.41 Å². The first-order valence-electron chi connectivity index (χ1n) is 4.45. The molecule has 1 atom stereocenters. The van der Waals surface area contributed by atoms with E-state index in [0.29, 0.717) is 6.04 Å². The van der Waals surface area contributed by atoms with Crippen LogP contribution in [0.15, 0.2) is 0 Å². The molecule has 0 unspecified atom stereocenters. The highest BCUT2D eigenvalue weighted by atomic mass is 16.5. The van der Waals surface area contributed by atoms with Gasteiger partial charge in [0.2, 0.25) is 0 Å². The second-order valence-electron chi connectivity index (χ2n) is 4.23. The van der Waals surface area contributed by atoms with Crippen LogP contribution in [0.25, 0.3) is 0 Å². The summed E-state index contributed by atoms with van der Waals surface area (Å²) in [4.78, 5) is 2.45. The van der Waals surface area contributed by atoms with Gasteiger partial charge in [0.15, 0.2) is 0 Å². The fraction of sp³-hybridized carbons (Fsp3) is 1.00. The molecule has 2 rings (SSSR count). The zero-order valence-electron chi connectivity index (χ0n) is 7.47. The molecule has 1 spiro atoms. The van der Waals surface area contributed by atoms with E-state index in [4.69, 9.17) is 4.74 Å². The van der Waals surface area contributed by atoms with Crippen molar-refractivity contribution in [2.75, 3.05) is 27.3 Å². The van der Waals surface area contributed by atoms with Crippen molar-refractivity contribution < 1.29 is 4.74 Å². The van der Waals surface area contributed by atoms with E-state index in [2.05, 4.69) is 11.9 Å². The Morgan fingerprint density at radius 1 is 1.55 bits per heavy atom. The molecular formula is C9H17NO. The van der Waals surface area contributed by atoms with Crippen LogP contribution in [0.1, 0.15) is 19.3 Å². The number of ether oxygens (including phenoxy) is 1. The lowest BCUT2D eigenvalue weighted by Gasteiger charge is -2.17. The van der Waals surface area contributed by atoms with Gasteiger partial charge < -0.3 is 9.64 Å². The van der Waals surface area contributed by atoms with Crippen LogP contribution < -0.4 is 0 Å². The topological polar surface area (TPSA) is 12.5 Å². The maximum absolute atomic E-state index is 5.18. The van der Waals surface area contributed by atoms with Gasteiger partial charge in [-0.15, -0.1) is 0 Å². The highest BCUT2D eigenvalue weighted by molar-refractivity contribution is 5.03. The second kappa shape index (κ2) is 2.46. The quantitative estimate of drug-likeness (QED) is 0.592. The van der Waals surface area contributed by atoms with E-state index < -0.39 is 0 Å². The van der Waals surface area contributed by atoms with Crippen molar-refractivity contribution in [2.45, 2.75) is 25.3 Å². The van der Waals surface area contributed by atoms with Crippen molar-refractivity contribution >= 4 is 0 Å². The van der Waals surface area contributed by atoms with E-state index in [1.807, 2.05) is 0 Å². The fourth-order valence-electron chi connectivity index (χ4n) is 2.30. The first kappa shape index (κ1) is 7.56. The number of hydrogen-bond donors (Lipinski definition) is 0. The highest BCUT2D eigenvalue weighted by Crippen LogP contribution is 2.54. The Hall–Kier alpha value is -0.0800. The third kappa shape index (κ3) is 1.30. The first-order chi connectivity index (χ1) is 5.26. The van der Waals surface area contributed by atoms with Crippen LogP contribution in [0.5, 0.6) is 0 Å². The van der Waals surface area contributed by atoms with Gasteiger partial charge in [-0.25, -0.2) is 0 Å². The van der Waals surface area contributed by atoms with E-state index in [1.165, 1.54) is 25.8 Å². The van der Waals surface area contributed by atoms with E-state index in [0.717, 1.165) is 12.0 Å². The molecule has 1 heterocycles. The number of likely N-dealkylation sites (tertiary alicyclic amines) is 1. The minimum atomic E-state index is 0.697. The molecule has 64 valence electrons. The summed E-state index contributed by atoms with van der Waals surface area (Å²) in [5.74, 6) is 0. The average Bonchev–Trinajstić information content (AvgIpc) is 2.61. The molecule has 1 saturated heterocycles. The van der Waals surface area contributed by atoms with Crippen LogP contribution in [-0.2, 0) is 4.74 Å². The zero-order valence-corrected chi connectivity index (χ0v) is 7.47. The predicted molar refractivity (Wildman–Crippen MR) is 44.6 cm³/mol. The fourth-order valence-corrected chi connectivity index (χ4v) is 2.30. The van der Waals surface area contributed by atoms with Gasteiger partial charge in [0.05, 0.1) is 6.61 Å². The molecule has 0 amide bonds. The van der Waals surface area contributed by atoms with Crippen molar-refractivity contribution in [3.8, 4) is 0 Å².